The predicted molar refractivity (Wildman–Crippen MR) is 107 cm³/mol. The fourth-order valence-electron chi connectivity index (χ4n) is 3.80. The fourth-order valence-corrected chi connectivity index (χ4v) is 3.80. The molecule has 0 bridgehead atoms. The minimum absolute atomic E-state index is 0.0202. The molecule has 2 aliphatic heterocycles. The van der Waals surface area contributed by atoms with Gasteiger partial charge in [0.2, 0.25) is 5.91 Å². The predicted octanol–water partition coefficient (Wildman–Crippen LogP) is 4.65. The summed E-state index contributed by atoms with van der Waals surface area (Å²) in [6.45, 7) is 2.43. The minimum atomic E-state index is -4.48. The van der Waals surface area contributed by atoms with E-state index in [4.69, 9.17) is 9.47 Å². The van der Waals surface area contributed by atoms with Gasteiger partial charge in [-0.3, -0.25) is 4.79 Å². The van der Waals surface area contributed by atoms with Crippen LogP contribution in [0.5, 0.6) is 11.5 Å². The molecule has 4 rings (SSSR count). The van der Waals surface area contributed by atoms with Crippen molar-refractivity contribution in [1.29, 1.82) is 0 Å². The third kappa shape index (κ3) is 4.63. The van der Waals surface area contributed by atoms with Gasteiger partial charge in [-0.05, 0) is 55.2 Å². The Morgan fingerprint density at radius 3 is 2.43 bits per heavy atom. The number of halogens is 3. The Hall–Kier alpha value is -2.90. The van der Waals surface area contributed by atoms with Gasteiger partial charge in [0, 0.05) is 13.1 Å². The molecule has 0 spiro atoms. The standard InChI is InChI=1S/C22H23F3N2O3/c23-22(24,25)16-5-6-18(27-8-2-1-3-9-27)17(14-16)26-21(28)13-15-4-7-19-20(12-15)30-11-10-29-19/h4-7,12,14H,1-3,8-11,13H2,(H,26,28). The van der Waals surface area contributed by atoms with Gasteiger partial charge in [-0.1, -0.05) is 6.07 Å². The van der Waals surface area contributed by atoms with Gasteiger partial charge in [-0.25, -0.2) is 0 Å². The van der Waals surface area contributed by atoms with Gasteiger partial charge >= 0.3 is 6.18 Å². The third-order valence-electron chi connectivity index (χ3n) is 5.27. The number of alkyl halides is 3. The van der Waals surface area contributed by atoms with Crippen molar-refractivity contribution in [2.75, 3.05) is 36.5 Å². The summed E-state index contributed by atoms with van der Waals surface area (Å²) in [7, 11) is 0. The zero-order chi connectivity index (χ0) is 21.1. The molecule has 0 aliphatic carbocycles. The summed E-state index contributed by atoms with van der Waals surface area (Å²) in [6, 6.07) is 8.76. The molecule has 2 aromatic rings. The molecule has 0 aromatic heterocycles. The molecule has 1 saturated heterocycles. The van der Waals surface area contributed by atoms with Gasteiger partial charge in [0.15, 0.2) is 11.5 Å². The molecule has 8 heteroatoms. The summed E-state index contributed by atoms with van der Waals surface area (Å²) >= 11 is 0. The molecule has 1 fully saturated rings. The average Bonchev–Trinajstić information content (AvgIpc) is 2.73. The smallest absolute Gasteiger partial charge is 0.416 e. The second-order valence-electron chi connectivity index (χ2n) is 7.48. The van der Waals surface area contributed by atoms with E-state index in [1.54, 1.807) is 18.2 Å². The van der Waals surface area contributed by atoms with Crippen molar-refractivity contribution in [1.82, 2.24) is 0 Å². The maximum atomic E-state index is 13.2. The summed E-state index contributed by atoms with van der Waals surface area (Å²) in [5.41, 5.74) is 0.730. The molecule has 0 saturated carbocycles. The van der Waals surface area contributed by atoms with E-state index in [9.17, 15) is 18.0 Å². The van der Waals surface area contributed by atoms with Gasteiger partial charge in [0.1, 0.15) is 13.2 Å². The van der Waals surface area contributed by atoms with E-state index in [0.717, 1.165) is 44.5 Å². The summed E-state index contributed by atoms with van der Waals surface area (Å²) in [5.74, 6) is 0.805. The SMILES string of the molecule is O=C(Cc1ccc2c(c1)OCCO2)Nc1cc(C(F)(F)F)ccc1N1CCCCC1. The number of rotatable bonds is 4. The van der Waals surface area contributed by atoms with Crippen LogP contribution in [0, 0.1) is 0 Å². The van der Waals surface area contributed by atoms with Crippen LogP contribution < -0.4 is 19.7 Å². The number of hydrogen-bond acceptors (Lipinski definition) is 4. The molecule has 1 amide bonds. The number of nitrogens with zero attached hydrogens (tertiary/aromatic N) is 1. The Labute approximate surface area is 172 Å². The van der Waals surface area contributed by atoms with Crippen molar-refractivity contribution in [3.63, 3.8) is 0 Å². The lowest BCUT2D eigenvalue weighted by molar-refractivity contribution is -0.137. The monoisotopic (exact) mass is 420 g/mol. The van der Waals surface area contributed by atoms with Crippen LogP contribution in [0.1, 0.15) is 30.4 Å². The largest absolute Gasteiger partial charge is 0.486 e. The third-order valence-corrected chi connectivity index (χ3v) is 5.27. The molecule has 2 aliphatic rings. The van der Waals surface area contributed by atoms with Gasteiger partial charge in [-0.2, -0.15) is 13.2 Å². The van der Waals surface area contributed by atoms with Crippen LogP contribution in [-0.2, 0) is 17.4 Å². The van der Waals surface area contributed by atoms with E-state index >= 15 is 0 Å². The Bertz CT molecular complexity index is 924. The summed E-state index contributed by atoms with van der Waals surface area (Å²) in [5, 5.41) is 2.70. The molecule has 30 heavy (non-hydrogen) atoms. The highest BCUT2D eigenvalue weighted by atomic mass is 19.4. The molecule has 160 valence electrons. The van der Waals surface area contributed by atoms with Crippen LogP contribution in [0.2, 0.25) is 0 Å². The van der Waals surface area contributed by atoms with Crippen LogP contribution in [0.25, 0.3) is 0 Å². The van der Waals surface area contributed by atoms with Gasteiger partial charge < -0.3 is 19.7 Å². The van der Waals surface area contributed by atoms with Gasteiger partial charge in [0.05, 0.1) is 23.4 Å². The summed E-state index contributed by atoms with van der Waals surface area (Å²) < 4.78 is 50.7. The van der Waals surface area contributed by atoms with E-state index < -0.39 is 11.7 Å². The molecule has 1 N–H and O–H groups in total. The lowest BCUT2D eigenvalue weighted by atomic mass is 10.1. The first-order chi connectivity index (χ1) is 14.4. The highest BCUT2D eigenvalue weighted by molar-refractivity contribution is 5.96. The number of anilines is 2. The van der Waals surface area contributed by atoms with Crippen molar-refractivity contribution in [3.05, 3.63) is 47.5 Å². The summed E-state index contributed by atoms with van der Waals surface area (Å²) in [4.78, 5) is 14.7. The lowest BCUT2D eigenvalue weighted by Crippen LogP contribution is -2.30. The van der Waals surface area contributed by atoms with Crippen LogP contribution in [-0.4, -0.2) is 32.2 Å². The molecular weight excluding hydrogens is 397 g/mol. The zero-order valence-electron chi connectivity index (χ0n) is 16.4. The Morgan fingerprint density at radius 1 is 0.967 bits per heavy atom. The first-order valence-electron chi connectivity index (χ1n) is 10.0. The van der Waals surface area contributed by atoms with Crippen LogP contribution in [0.3, 0.4) is 0 Å². The zero-order valence-corrected chi connectivity index (χ0v) is 16.4. The molecule has 0 unspecified atom stereocenters. The molecule has 2 aromatic carbocycles. The highest BCUT2D eigenvalue weighted by Crippen LogP contribution is 2.36. The molecule has 5 nitrogen and oxygen atoms in total. The topological polar surface area (TPSA) is 50.8 Å². The quantitative estimate of drug-likeness (QED) is 0.783. The number of piperidine rings is 1. The van der Waals surface area contributed by atoms with E-state index in [-0.39, 0.29) is 18.0 Å². The number of hydrogen-bond donors (Lipinski definition) is 1. The first kappa shape index (κ1) is 20.4. The van der Waals surface area contributed by atoms with Crippen LogP contribution >= 0.6 is 0 Å². The van der Waals surface area contributed by atoms with Crippen molar-refractivity contribution < 1.29 is 27.4 Å². The molecular formula is C22H23F3N2O3. The highest BCUT2D eigenvalue weighted by Gasteiger charge is 2.32. The fraction of sp³-hybridized carbons (Fsp3) is 0.409. The number of carbonyl (C=O) groups excluding carboxylic acids is 1. The number of nitrogens with one attached hydrogen (secondary N) is 1. The van der Waals surface area contributed by atoms with Gasteiger partial charge in [0.25, 0.3) is 0 Å². The second-order valence-corrected chi connectivity index (χ2v) is 7.48. The number of ether oxygens (including phenoxy) is 2. The van der Waals surface area contributed by atoms with E-state index in [0.29, 0.717) is 36.0 Å². The van der Waals surface area contributed by atoms with Crippen LogP contribution in [0.4, 0.5) is 24.5 Å². The van der Waals surface area contributed by atoms with E-state index in [1.807, 2.05) is 4.90 Å². The van der Waals surface area contributed by atoms with Crippen LogP contribution in [0.15, 0.2) is 36.4 Å². The lowest BCUT2D eigenvalue weighted by Gasteiger charge is -2.31. The molecule has 2 heterocycles. The second kappa shape index (κ2) is 8.45. The normalized spacial score (nSPS) is 16.3. The number of carbonyl (C=O) groups is 1. The molecule has 0 radical (unpaired) electrons. The van der Waals surface area contributed by atoms with Crippen molar-refractivity contribution in [2.45, 2.75) is 31.9 Å². The number of amides is 1. The number of benzene rings is 2. The number of fused-ring (bicyclic) bond motifs is 1. The summed E-state index contributed by atoms with van der Waals surface area (Å²) in [6.07, 6.45) is -1.40. The Morgan fingerprint density at radius 2 is 1.70 bits per heavy atom. The van der Waals surface area contributed by atoms with Gasteiger partial charge in [-0.15, -0.1) is 0 Å². The first-order valence-corrected chi connectivity index (χ1v) is 10.0. The molecule has 0 atom stereocenters. The van der Waals surface area contributed by atoms with E-state index in [1.165, 1.54) is 6.07 Å². The average molecular weight is 420 g/mol. The van der Waals surface area contributed by atoms with Crippen molar-refractivity contribution in [3.8, 4) is 11.5 Å². The minimum Gasteiger partial charge on any atom is -0.486 e. The maximum Gasteiger partial charge on any atom is 0.416 e. The van der Waals surface area contributed by atoms with Crippen molar-refractivity contribution >= 4 is 17.3 Å². The van der Waals surface area contributed by atoms with E-state index in [2.05, 4.69) is 5.32 Å². The maximum absolute atomic E-state index is 13.2. The van der Waals surface area contributed by atoms with Crippen molar-refractivity contribution in [2.24, 2.45) is 0 Å². The Kier molecular flexibility index (Phi) is 5.74. The Balaban J connectivity index is 1.54.